The van der Waals surface area contributed by atoms with Gasteiger partial charge < -0.3 is 13.7 Å². The van der Waals surface area contributed by atoms with E-state index in [0.29, 0.717) is 16.3 Å². The second kappa shape index (κ2) is 5.72. The van der Waals surface area contributed by atoms with Crippen molar-refractivity contribution in [2.24, 2.45) is 0 Å². The van der Waals surface area contributed by atoms with Crippen LogP contribution in [0.1, 0.15) is 16.1 Å². The van der Waals surface area contributed by atoms with Gasteiger partial charge in [-0.15, -0.1) is 10.2 Å². The van der Waals surface area contributed by atoms with Gasteiger partial charge in [-0.25, -0.2) is 4.79 Å². The molecular weight excluding hydrogens is 306 g/mol. The van der Waals surface area contributed by atoms with Crippen LogP contribution in [0, 0.1) is 0 Å². The van der Waals surface area contributed by atoms with Crippen molar-refractivity contribution in [2.75, 3.05) is 13.4 Å². The molecule has 0 N–H and O–H groups in total. The maximum absolute atomic E-state index is 11.9. The van der Waals surface area contributed by atoms with Crippen LogP contribution in [0.25, 0.3) is 11.0 Å². The number of hydrogen-bond donors (Lipinski definition) is 0. The third-order valence-corrected chi connectivity index (χ3v) is 4.07. The van der Waals surface area contributed by atoms with Gasteiger partial charge in [-0.05, 0) is 6.07 Å². The third-order valence-electron chi connectivity index (χ3n) is 3.23. The molecule has 22 heavy (non-hydrogen) atoms. The highest BCUT2D eigenvalue weighted by Gasteiger charge is 2.22. The molecule has 8 heteroatoms. The summed E-state index contributed by atoms with van der Waals surface area (Å²) in [4.78, 5) is 11.9. The number of methoxy groups -OCH3 is 1. The van der Waals surface area contributed by atoms with Crippen LogP contribution in [-0.2, 0) is 22.1 Å². The summed E-state index contributed by atoms with van der Waals surface area (Å²) in [6.45, 7) is 0.267. The molecule has 0 fully saturated rings. The Morgan fingerprint density at radius 2 is 2.18 bits per heavy atom. The number of ether oxygens (including phenoxy) is 1. The molecule has 2 heterocycles. The number of fused-ring (bicyclic) bond motifs is 1. The molecule has 0 saturated carbocycles. The van der Waals surface area contributed by atoms with Crippen molar-refractivity contribution in [3.05, 3.63) is 41.9 Å². The summed E-state index contributed by atoms with van der Waals surface area (Å²) in [5.74, 6) is -0.427. The number of benzene rings is 1. The number of furan rings is 1. The summed E-state index contributed by atoms with van der Waals surface area (Å²) >= 11 is 0. The molecular formula is C14H13N3O4S. The Balaban J connectivity index is 2.14. The molecule has 0 radical (unpaired) electrons. The van der Waals surface area contributed by atoms with Crippen LogP contribution in [0.15, 0.2) is 40.2 Å². The monoisotopic (exact) mass is 319 g/mol. The van der Waals surface area contributed by atoms with Crippen LogP contribution in [0.4, 0.5) is 0 Å². The molecule has 1 atom stereocenters. The van der Waals surface area contributed by atoms with Gasteiger partial charge in [-0.2, -0.15) is 0 Å². The number of carbonyl (C=O) groups is 1. The molecule has 7 nitrogen and oxygen atoms in total. The molecule has 3 rings (SSSR count). The van der Waals surface area contributed by atoms with Gasteiger partial charge in [0.2, 0.25) is 10.9 Å². The molecule has 1 unspecified atom stereocenters. The number of esters is 1. The minimum Gasteiger partial charge on any atom is -0.463 e. The van der Waals surface area contributed by atoms with Crippen molar-refractivity contribution < 1.29 is 18.2 Å². The fraction of sp³-hybridized carbons (Fsp3) is 0.214. The van der Waals surface area contributed by atoms with E-state index in [4.69, 9.17) is 9.15 Å². The molecule has 1 aromatic carbocycles. The lowest BCUT2D eigenvalue weighted by Crippen LogP contribution is -2.09. The number of rotatable bonds is 4. The number of nitrogens with zero attached hydrogens (tertiary/aromatic N) is 3. The maximum atomic E-state index is 11.9. The van der Waals surface area contributed by atoms with E-state index in [1.165, 1.54) is 19.7 Å². The molecule has 0 spiro atoms. The zero-order valence-corrected chi connectivity index (χ0v) is 12.8. The zero-order chi connectivity index (χ0) is 15.7. The van der Waals surface area contributed by atoms with Crippen molar-refractivity contribution in [3.8, 4) is 0 Å². The Bertz CT molecular complexity index is 868. The standard InChI is InChI=1S/C14H13N3O4S/c1-20-13(18)12-10(9-5-3-4-6-11(9)21-12)7-17-8-15-16-14(17)22(2)19/h3-6,8H,7H2,1-2H3. The summed E-state index contributed by atoms with van der Waals surface area (Å²) in [6, 6.07) is 7.30. The van der Waals surface area contributed by atoms with Gasteiger partial charge in [-0.3, -0.25) is 4.21 Å². The molecule has 0 aliphatic rings. The van der Waals surface area contributed by atoms with Crippen LogP contribution in [0.5, 0.6) is 0 Å². The first-order valence-electron chi connectivity index (χ1n) is 6.41. The van der Waals surface area contributed by atoms with Crippen LogP contribution < -0.4 is 0 Å². The van der Waals surface area contributed by atoms with E-state index in [-0.39, 0.29) is 12.3 Å². The van der Waals surface area contributed by atoms with Crippen molar-refractivity contribution in [3.63, 3.8) is 0 Å². The first-order valence-corrected chi connectivity index (χ1v) is 7.97. The molecule has 0 saturated heterocycles. The molecule has 0 bridgehead atoms. The highest BCUT2D eigenvalue weighted by molar-refractivity contribution is 7.84. The van der Waals surface area contributed by atoms with E-state index in [1.54, 1.807) is 10.6 Å². The fourth-order valence-corrected chi connectivity index (χ4v) is 2.86. The SMILES string of the molecule is COC(=O)c1oc2ccccc2c1Cn1cnnc1S(C)=O. The Hall–Kier alpha value is -2.48. The Labute approximate surface area is 128 Å². The van der Waals surface area contributed by atoms with E-state index in [2.05, 4.69) is 10.2 Å². The normalized spacial score (nSPS) is 12.5. The summed E-state index contributed by atoms with van der Waals surface area (Å²) in [6.07, 6.45) is 2.99. The second-order valence-corrected chi connectivity index (χ2v) is 5.87. The largest absolute Gasteiger partial charge is 0.463 e. The molecule has 0 amide bonds. The van der Waals surface area contributed by atoms with Gasteiger partial charge in [0.1, 0.15) is 11.9 Å². The van der Waals surface area contributed by atoms with Crippen LogP contribution in [-0.4, -0.2) is 38.3 Å². The van der Waals surface area contributed by atoms with Crippen molar-refractivity contribution >= 4 is 27.7 Å². The predicted octanol–water partition coefficient (Wildman–Crippen LogP) is 1.60. The minimum absolute atomic E-state index is 0.130. The van der Waals surface area contributed by atoms with Gasteiger partial charge in [0.15, 0.2) is 0 Å². The van der Waals surface area contributed by atoms with Crippen molar-refractivity contribution in [2.45, 2.75) is 11.7 Å². The summed E-state index contributed by atoms with van der Waals surface area (Å²) in [5, 5.41) is 8.74. The Morgan fingerprint density at radius 3 is 2.91 bits per heavy atom. The summed E-state index contributed by atoms with van der Waals surface area (Å²) in [5.41, 5.74) is 1.24. The van der Waals surface area contributed by atoms with Crippen molar-refractivity contribution in [1.29, 1.82) is 0 Å². The Morgan fingerprint density at radius 1 is 1.41 bits per heavy atom. The van der Waals surface area contributed by atoms with E-state index < -0.39 is 16.8 Å². The molecule has 0 aliphatic carbocycles. The molecule has 0 aliphatic heterocycles. The molecule has 3 aromatic rings. The number of hydrogen-bond acceptors (Lipinski definition) is 6. The lowest BCUT2D eigenvalue weighted by Gasteiger charge is -2.05. The van der Waals surface area contributed by atoms with Gasteiger partial charge in [0.25, 0.3) is 0 Å². The van der Waals surface area contributed by atoms with Gasteiger partial charge >= 0.3 is 5.97 Å². The topological polar surface area (TPSA) is 87.2 Å². The van der Waals surface area contributed by atoms with E-state index in [0.717, 1.165) is 5.39 Å². The van der Waals surface area contributed by atoms with E-state index in [9.17, 15) is 9.00 Å². The average Bonchev–Trinajstić information content (AvgIpc) is 3.12. The molecule has 2 aromatic heterocycles. The summed E-state index contributed by atoms with van der Waals surface area (Å²) in [7, 11) is 0.0151. The minimum atomic E-state index is -1.28. The van der Waals surface area contributed by atoms with Gasteiger partial charge in [0, 0.05) is 17.2 Å². The first kappa shape index (κ1) is 14.5. The smallest absolute Gasteiger partial charge is 0.374 e. The van der Waals surface area contributed by atoms with Crippen LogP contribution >= 0.6 is 0 Å². The summed E-state index contributed by atoms with van der Waals surface area (Å²) < 4.78 is 23.7. The van der Waals surface area contributed by atoms with E-state index in [1.807, 2.05) is 18.2 Å². The highest BCUT2D eigenvalue weighted by atomic mass is 32.2. The highest BCUT2D eigenvalue weighted by Crippen LogP contribution is 2.27. The number of aromatic nitrogens is 3. The first-order chi connectivity index (χ1) is 10.6. The van der Waals surface area contributed by atoms with Crippen LogP contribution in [0.2, 0.25) is 0 Å². The zero-order valence-electron chi connectivity index (χ0n) is 12.0. The fourth-order valence-electron chi connectivity index (χ4n) is 2.26. The third kappa shape index (κ3) is 2.41. The van der Waals surface area contributed by atoms with E-state index >= 15 is 0 Å². The maximum Gasteiger partial charge on any atom is 0.374 e. The van der Waals surface area contributed by atoms with Gasteiger partial charge in [0.05, 0.1) is 24.5 Å². The van der Waals surface area contributed by atoms with Gasteiger partial charge in [-0.1, -0.05) is 18.2 Å². The average molecular weight is 319 g/mol. The lowest BCUT2D eigenvalue weighted by atomic mass is 10.1. The Kier molecular flexibility index (Phi) is 3.76. The predicted molar refractivity (Wildman–Crippen MR) is 79.0 cm³/mol. The van der Waals surface area contributed by atoms with Crippen molar-refractivity contribution in [1.82, 2.24) is 14.8 Å². The molecule has 114 valence electrons. The number of para-hydroxylation sites is 1. The van der Waals surface area contributed by atoms with Crippen LogP contribution in [0.3, 0.4) is 0 Å². The second-order valence-electron chi connectivity index (χ2n) is 4.59. The lowest BCUT2D eigenvalue weighted by molar-refractivity contribution is 0.0565. The number of carbonyl (C=O) groups excluding carboxylic acids is 1. The quantitative estimate of drug-likeness (QED) is 0.679.